The van der Waals surface area contributed by atoms with E-state index in [9.17, 15) is 4.79 Å². The van der Waals surface area contributed by atoms with E-state index in [2.05, 4.69) is 10.2 Å². The number of hydrogen-bond acceptors (Lipinski definition) is 5. The van der Waals surface area contributed by atoms with Crippen LogP contribution in [-0.4, -0.2) is 63.4 Å². The van der Waals surface area contributed by atoms with Crippen LogP contribution < -0.4 is 14.8 Å². The van der Waals surface area contributed by atoms with Crippen LogP contribution in [0.2, 0.25) is 0 Å². The van der Waals surface area contributed by atoms with Gasteiger partial charge in [-0.1, -0.05) is 0 Å². The van der Waals surface area contributed by atoms with Gasteiger partial charge < -0.3 is 19.5 Å². The molecule has 0 saturated carbocycles. The number of carbonyl (C=O) groups is 1. The highest BCUT2D eigenvalue weighted by molar-refractivity contribution is 5.94. The number of nitrogens with one attached hydrogen (secondary N) is 1. The molecule has 3 rings (SSSR count). The highest BCUT2D eigenvalue weighted by Crippen LogP contribution is 2.30. The number of halogens is 1. The van der Waals surface area contributed by atoms with Gasteiger partial charge in [0.2, 0.25) is 0 Å². The van der Waals surface area contributed by atoms with Gasteiger partial charge in [-0.2, -0.15) is 0 Å². The van der Waals surface area contributed by atoms with Crippen molar-refractivity contribution in [3.05, 3.63) is 23.8 Å². The Hall–Kier alpha value is -1.50. The molecule has 1 amide bonds. The lowest BCUT2D eigenvalue weighted by Crippen LogP contribution is -2.41. The minimum atomic E-state index is -0.0831. The molecule has 1 saturated heterocycles. The van der Waals surface area contributed by atoms with Gasteiger partial charge >= 0.3 is 0 Å². The van der Waals surface area contributed by atoms with E-state index in [4.69, 9.17) is 14.2 Å². The van der Waals surface area contributed by atoms with E-state index in [1.807, 2.05) is 0 Å². The summed E-state index contributed by atoms with van der Waals surface area (Å²) in [5, 5.41) is 2.94. The molecule has 2 heterocycles. The monoisotopic (exact) mass is 328 g/mol. The zero-order valence-corrected chi connectivity index (χ0v) is 13.2. The smallest absolute Gasteiger partial charge is 0.251 e. The standard InChI is InChI=1S/C15H20N2O4.ClH/c18-15(16-3-4-17-5-7-19-8-6-17)12-1-2-13-14(11-12)21-10-9-20-13;/h1-2,11H,3-10H2,(H,16,18);1H. The van der Waals surface area contributed by atoms with Gasteiger partial charge in [0.05, 0.1) is 13.2 Å². The molecule has 6 nitrogen and oxygen atoms in total. The molecule has 2 aliphatic rings. The maximum Gasteiger partial charge on any atom is 0.251 e. The van der Waals surface area contributed by atoms with Crippen LogP contribution in [0.1, 0.15) is 10.4 Å². The summed E-state index contributed by atoms with van der Waals surface area (Å²) in [5.41, 5.74) is 0.598. The van der Waals surface area contributed by atoms with Gasteiger partial charge in [0, 0.05) is 31.7 Å². The van der Waals surface area contributed by atoms with Crippen LogP contribution in [0, 0.1) is 0 Å². The number of nitrogens with zero attached hydrogens (tertiary/aromatic N) is 1. The van der Waals surface area contributed by atoms with Crippen molar-refractivity contribution < 1.29 is 19.0 Å². The molecule has 0 spiro atoms. The second-order valence-corrected chi connectivity index (χ2v) is 5.07. The number of fused-ring (bicyclic) bond motifs is 1. The second-order valence-electron chi connectivity index (χ2n) is 5.07. The molecule has 122 valence electrons. The van der Waals surface area contributed by atoms with Gasteiger partial charge in [-0.3, -0.25) is 9.69 Å². The zero-order valence-electron chi connectivity index (χ0n) is 12.4. The lowest BCUT2D eigenvalue weighted by atomic mass is 10.2. The molecular formula is C15H21ClN2O4. The third-order valence-electron chi connectivity index (χ3n) is 3.62. The summed E-state index contributed by atoms with van der Waals surface area (Å²) in [6, 6.07) is 5.28. The Morgan fingerprint density at radius 2 is 1.82 bits per heavy atom. The summed E-state index contributed by atoms with van der Waals surface area (Å²) in [6.07, 6.45) is 0. The second kappa shape index (κ2) is 8.22. The first-order chi connectivity index (χ1) is 10.3. The van der Waals surface area contributed by atoms with Crippen molar-refractivity contribution in [1.29, 1.82) is 0 Å². The van der Waals surface area contributed by atoms with Crippen molar-refractivity contribution in [3.63, 3.8) is 0 Å². The largest absolute Gasteiger partial charge is 0.486 e. The van der Waals surface area contributed by atoms with Crippen LogP contribution in [0.5, 0.6) is 11.5 Å². The van der Waals surface area contributed by atoms with Gasteiger partial charge in [0.15, 0.2) is 11.5 Å². The fourth-order valence-corrected chi connectivity index (χ4v) is 2.44. The topological polar surface area (TPSA) is 60.0 Å². The molecule has 1 aromatic carbocycles. The fraction of sp³-hybridized carbons (Fsp3) is 0.533. The molecule has 0 unspecified atom stereocenters. The minimum Gasteiger partial charge on any atom is -0.486 e. The van der Waals surface area contributed by atoms with Gasteiger partial charge in [-0.25, -0.2) is 0 Å². The Morgan fingerprint density at radius 3 is 2.59 bits per heavy atom. The Balaban J connectivity index is 0.00000176. The third-order valence-corrected chi connectivity index (χ3v) is 3.62. The molecule has 0 bridgehead atoms. The van der Waals surface area contributed by atoms with E-state index < -0.39 is 0 Å². The SMILES string of the molecule is Cl.O=C(NCCN1CCOCC1)c1ccc2c(c1)OCCO2. The number of ether oxygens (including phenoxy) is 3. The van der Waals surface area contributed by atoms with Crippen molar-refractivity contribution in [2.24, 2.45) is 0 Å². The van der Waals surface area contributed by atoms with Crippen molar-refractivity contribution >= 4 is 18.3 Å². The van der Waals surface area contributed by atoms with Crippen molar-refractivity contribution in [1.82, 2.24) is 10.2 Å². The molecule has 7 heteroatoms. The molecule has 0 radical (unpaired) electrons. The molecule has 0 aliphatic carbocycles. The summed E-state index contributed by atoms with van der Waals surface area (Å²) in [6.45, 7) is 5.96. The van der Waals surface area contributed by atoms with E-state index >= 15 is 0 Å². The zero-order chi connectivity index (χ0) is 14.5. The van der Waals surface area contributed by atoms with E-state index in [0.29, 0.717) is 36.8 Å². The molecule has 22 heavy (non-hydrogen) atoms. The molecular weight excluding hydrogens is 308 g/mol. The Morgan fingerprint density at radius 1 is 1.09 bits per heavy atom. The van der Waals surface area contributed by atoms with E-state index in [1.165, 1.54) is 0 Å². The first-order valence-corrected chi connectivity index (χ1v) is 7.31. The molecule has 1 aromatic rings. The van der Waals surface area contributed by atoms with E-state index in [0.717, 1.165) is 32.8 Å². The molecule has 1 fully saturated rings. The normalized spacial score (nSPS) is 17.5. The van der Waals surface area contributed by atoms with Gasteiger partial charge in [-0.15, -0.1) is 12.4 Å². The minimum absolute atomic E-state index is 0. The summed E-state index contributed by atoms with van der Waals surface area (Å²) in [4.78, 5) is 14.4. The summed E-state index contributed by atoms with van der Waals surface area (Å²) < 4.78 is 16.2. The van der Waals surface area contributed by atoms with Crippen molar-refractivity contribution in [2.45, 2.75) is 0 Å². The van der Waals surface area contributed by atoms with Crippen LogP contribution >= 0.6 is 12.4 Å². The number of hydrogen-bond donors (Lipinski definition) is 1. The number of amides is 1. The fourth-order valence-electron chi connectivity index (χ4n) is 2.44. The van der Waals surface area contributed by atoms with Crippen LogP contribution in [0.25, 0.3) is 0 Å². The van der Waals surface area contributed by atoms with Crippen LogP contribution in [0.15, 0.2) is 18.2 Å². The van der Waals surface area contributed by atoms with Gasteiger partial charge in [0.25, 0.3) is 5.91 Å². The predicted molar refractivity (Wildman–Crippen MR) is 84.3 cm³/mol. The average molecular weight is 329 g/mol. The Labute approximate surface area is 136 Å². The number of rotatable bonds is 4. The maximum absolute atomic E-state index is 12.1. The maximum atomic E-state index is 12.1. The van der Waals surface area contributed by atoms with Gasteiger partial charge in [-0.05, 0) is 18.2 Å². The number of carbonyl (C=O) groups excluding carboxylic acids is 1. The highest BCUT2D eigenvalue weighted by Gasteiger charge is 2.15. The van der Waals surface area contributed by atoms with E-state index in [1.54, 1.807) is 18.2 Å². The first-order valence-electron chi connectivity index (χ1n) is 7.31. The van der Waals surface area contributed by atoms with Gasteiger partial charge in [0.1, 0.15) is 13.2 Å². The number of benzene rings is 1. The molecule has 2 aliphatic heterocycles. The summed E-state index contributed by atoms with van der Waals surface area (Å²) in [5.74, 6) is 1.26. The van der Waals surface area contributed by atoms with Crippen LogP contribution in [0.3, 0.4) is 0 Å². The Bertz CT molecular complexity index is 506. The average Bonchev–Trinajstić information content (AvgIpc) is 2.55. The summed E-state index contributed by atoms with van der Waals surface area (Å²) >= 11 is 0. The van der Waals surface area contributed by atoms with Crippen molar-refractivity contribution in [2.75, 3.05) is 52.6 Å². The molecule has 0 atom stereocenters. The number of morpholine rings is 1. The lowest BCUT2D eigenvalue weighted by molar-refractivity contribution is 0.0383. The van der Waals surface area contributed by atoms with Crippen molar-refractivity contribution in [3.8, 4) is 11.5 Å². The quantitative estimate of drug-likeness (QED) is 0.891. The van der Waals surface area contributed by atoms with Crippen LogP contribution in [-0.2, 0) is 4.74 Å². The lowest BCUT2D eigenvalue weighted by Gasteiger charge is -2.26. The predicted octanol–water partition coefficient (Wildman–Crippen LogP) is 0.942. The summed E-state index contributed by atoms with van der Waals surface area (Å²) in [7, 11) is 0. The van der Waals surface area contributed by atoms with E-state index in [-0.39, 0.29) is 18.3 Å². The highest BCUT2D eigenvalue weighted by atomic mass is 35.5. The molecule has 1 N–H and O–H groups in total. The first kappa shape index (κ1) is 16.9. The Kier molecular flexibility index (Phi) is 6.30. The molecule has 0 aromatic heterocycles. The third kappa shape index (κ3) is 4.25. The van der Waals surface area contributed by atoms with Crippen LogP contribution in [0.4, 0.5) is 0 Å².